The molecule has 4 rings (SSSR count). The van der Waals surface area contributed by atoms with Gasteiger partial charge in [-0.05, 0) is 48.2 Å². The molecule has 2 heterocycles. The lowest BCUT2D eigenvalue weighted by molar-refractivity contribution is 0.867. The third kappa shape index (κ3) is 3.51. The molecule has 0 amide bonds. The predicted octanol–water partition coefficient (Wildman–Crippen LogP) is 6.12. The van der Waals surface area contributed by atoms with Crippen LogP contribution in [0.1, 0.15) is 31.2 Å². The fourth-order valence-corrected chi connectivity index (χ4v) is 4.09. The summed E-state index contributed by atoms with van der Waals surface area (Å²) in [5.41, 5.74) is 11.2. The Morgan fingerprint density at radius 1 is 0.963 bits per heavy atom. The smallest absolute Gasteiger partial charge is 0.143 e. The van der Waals surface area contributed by atoms with Crippen molar-refractivity contribution >= 4 is 38.7 Å². The van der Waals surface area contributed by atoms with Crippen molar-refractivity contribution in [2.45, 2.75) is 26.7 Å². The van der Waals surface area contributed by atoms with Crippen molar-refractivity contribution in [2.75, 3.05) is 11.1 Å². The lowest BCUT2D eigenvalue weighted by Gasteiger charge is -2.11. The lowest BCUT2D eigenvalue weighted by atomic mass is 9.99. The summed E-state index contributed by atoms with van der Waals surface area (Å²) in [6.45, 7) is 6.34. The van der Waals surface area contributed by atoms with E-state index in [1.54, 1.807) is 11.3 Å². The number of fused-ring (bicyclic) bond motifs is 1. The van der Waals surface area contributed by atoms with Gasteiger partial charge in [0.05, 0.1) is 5.39 Å². The van der Waals surface area contributed by atoms with E-state index in [0.29, 0.717) is 5.92 Å². The van der Waals surface area contributed by atoms with Gasteiger partial charge in [0, 0.05) is 22.3 Å². The zero-order valence-electron chi connectivity index (χ0n) is 15.7. The number of aromatic nitrogens is 2. The molecule has 0 bridgehead atoms. The summed E-state index contributed by atoms with van der Waals surface area (Å²) in [5.74, 6) is 2.10. The molecule has 4 aromatic rings. The molecule has 2 aromatic carbocycles. The average molecular weight is 375 g/mol. The number of nitrogens with zero attached hydrogens (tertiary/aromatic N) is 2. The molecular weight excluding hydrogens is 352 g/mol. The Morgan fingerprint density at radius 2 is 1.67 bits per heavy atom. The van der Waals surface area contributed by atoms with Crippen molar-refractivity contribution in [3.8, 4) is 11.1 Å². The van der Waals surface area contributed by atoms with Gasteiger partial charge in [-0.3, -0.25) is 0 Å². The van der Waals surface area contributed by atoms with Gasteiger partial charge in [0.25, 0.3) is 0 Å². The van der Waals surface area contributed by atoms with Crippen LogP contribution in [0.2, 0.25) is 0 Å². The van der Waals surface area contributed by atoms with Gasteiger partial charge in [-0.2, -0.15) is 0 Å². The van der Waals surface area contributed by atoms with Crippen LogP contribution in [0, 0.1) is 6.92 Å². The van der Waals surface area contributed by atoms with Crippen LogP contribution in [0.25, 0.3) is 21.3 Å². The molecule has 0 saturated heterocycles. The molecule has 0 unspecified atom stereocenters. The van der Waals surface area contributed by atoms with Crippen molar-refractivity contribution in [1.82, 2.24) is 9.97 Å². The molecule has 5 heteroatoms. The highest BCUT2D eigenvalue weighted by molar-refractivity contribution is 7.17. The van der Waals surface area contributed by atoms with Crippen LogP contribution < -0.4 is 11.1 Å². The minimum atomic E-state index is 0.520. The highest BCUT2D eigenvalue weighted by Gasteiger charge is 2.15. The van der Waals surface area contributed by atoms with Crippen LogP contribution in [0.4, 0.5) is 17.2 Å². The van der Waals surface area contributed by atoms with Gasteiger partial charge in [-0.1, -0.05) is 38.1 Å². The first-order valence-electron chi connectivity index (χ1n) is 9.00. The SMILES string of the molecule is Cc1nc(Nc2ccc(N)cc2)c2c(-c3ccc(C(C)C)cc3)csc2n1. The van der Waals surface area contributed by atoms with Gasteiger partial charge < -0.3 is 11.1 Å². The summed E-state index contributed by atoms with van der Waals surface area (Å²) in [6.07, 6.45) is 0. The molecule has 136 valence electrons. The van der Waals surface area contributed by atoms with Gasteiger partial charge in [0.15, 0.2) is 0 Å². The van der Waals surface area contributed by atoms with E-state index in [2.05, 4.69) is 58.8 Å². The van der Waals surface area contributed by atoms with Gasteiger partial charge >= 0.3 is 0 Å². The van der Waals surface area contributed by atoms with Gasteiger partial charge in [-0.25, -0.2) is 9.97 Å². The van der Waals surface area contributed by atoms with Crippen LogP contribution in [0.3, 0.4) is 0 Å². The summed E-state index contributed by atoms with van der Waals surface area (Å²) in [6, 6.07) is 16.5. The predicted molar refractivity (Wildman–Crippen MR) is 116 cm³/mol. The van der Waals surface area contributed by atoms with E-state index >= 15 is 0 Å². The molecular formula is C22H22N4S. The molecule has 4 nitrogen and oxygen atoms in total. The second kappa shape index (κ2) is 7.00. The fraction of sp³-hybridized carbons (Fsp3) is 0.182. The van der Waals surface area contributed by atoms with E-state index in [9.17, 15) is 0 Å². The van der Waals surface area contributed by atoms with Crippen molar-refractivity contribution < 1.29 is 0 Å². The van der Waals surface area contributed by atoms with Gasteiger partial charge in [0.1, 0.15) is 16.5 Å². The molecule has 0 spiro atoms. The van der Waals surface area contributed by atoms with Crippen LogP contribution in [0.5, 0.6) is 0 Å². The van der Waals surface area contributed by atoms with E-state index in [-0.39, 0.29) is 0 Å². The van der Waals surface area contributed by atoms with Crippen LogP contribution in [-0.2, 0) is 0 Å². The number of rotatable bonds is 4. The number of hydrogen-bond donors (Lipinski definition) is 2. The summed E-state index contributed by atoms with van der Waals surface area (Å²) in [5, 5.41) is 6.66. The fourth-order valence-electron chi connectivity index (χ4n) is 3.10. The Bertz CT molecular complexity index is 1080. The minimum Gasteiger partial charge on any atom is -0.399 e. The Morgan fingerprint density at radius 3 is 2.33 bits per heavy atom. The molecule has 0 radical (unpaired) electrons. The highest BCUT2D eigenvalue weighted by atomic mass is 32.1. The number of hydrogen-bond acceptors (Lipinski definition) is 5. The second-order valence-electron chi connectivity index (χ2n) is 6.97. The lowest BCUT2D eigenvalue weighted by Crippen LogP contribution is -1.98. The standard InChI is InChI=1S/C22H22N4S/c1-13(2)15-4-6-16(7-5-15)19-12-27-22-20(19)21(24-14(3)25-22)26-18-10-8-17(23)9-11-18/h4-13H,23H2,1-3H3,(H,24,25,26). The first-order chi connectivity index (χ1) is 13.0. The summed E-state index contributed by atoms with van der Waals surface area (Å²) >= 11 is 1.65. The Balaban J connectivity index is 1.81. The maximum Gasteiger partial charge on any atom is 0.143 e. The first-order valence-corrected chi connectivity index (χ1v) is 9.88. The molecule has 0 aliphatic carbocycles. The van der Waals surface area contributed by atoms with Crippen molar-refractivity contribution in [2.24, 2.45) is 0 Å². The number of aryl methyl sites for hydroxylation is 1. The Hall–Kier alpha value is -2.92. The third-order valence-corrected chi connectivity index (χ3v) is 5.48. The number of nitrogens with two attached hydrogens (primary N) is 1. The molecule has 0 aliphatic heterocycles. The molecule has 27 heavy (non-hydrogen) atoms. The van der Waals surface area contributed by atoms with E-state index in [1.165, 1.54) is 11.1 Å². The molecule has 0 saturated carbocycles. The van der Waals surface area contributed by atoms with E-state index in [1.807, 2.05) is 31.2 Å². The van der Waals surface area contributed by atoms with Crippen molar-refractivity contribution in [3.05, 3.63) is 65.3 Å². The van der Waals surface area contributed by atoms with Crippen molar-refractivity contribution in [3.63, 3.8) is 0 Å². The third-order valence-electron chi connectivity index (χ3n) is 4.61. The van der Waals surface area contributed by atoms with Crippen LogP contribution in [-0.4, -0.2) is 9.97 Å². The number of nitrogens with one attached hydrogen (secondary N) is 1. The quantitative estimate of drug-likeness (QED) is 0.423. The number of anilines is 3. The maximum atomic E-state index is 5.80. The first kappa shape index (κ1) is 17.5. The number of thiophene rings is 1. The van der Waals surface area contributed by atoms with Crippen molar-refractivity contribution in [1.29, 1.82) is 0 Å². The largest absolute Gasteiger partial charge is 0.399 e. The normalized spacial score (nSPS) is 11.3. The van der Waals surface area contributed by atoms with Crippen LogP contribution >= 0.6 is 11.3 Å². The summed E-state index contributed by atoms with van der Waals surface area (Å²) in [4.78, 5) is 10.3. The second-order valence-corrected chi connectivity index (χ2v) is 7.83. The molecule has 3 N–H and O–H groups in total. The zero-order valence-corrected chi connectivity index (χ0v) is 16.5. The van der Waals surface area contributed by atoms with Crippen LogP contribution in [0.15, 0.2) is 53.9 Å². The monoisotopic (exact) mass is 374 g/mol. The van der Waals surface area contributed by atoms with E-state index in [4.69, 9.17) is 5.73 Å². The zero-order chi connectivity index (χ0) is 19.0. The number of nitrogen functional groups attached to an aromatic ring is 1. The summed E-state index contributed by atoms with van der Waals surface area (Å²) < 4.78 is 0. The Labute approximate surface area is 163 Å². The van der Waals surface area contributed by atoms with E-state index < -0.39 is 0 Å². The minimum absolute atomic E-state index is 0.520. The summed E-state index contributed by atoms with van der Waals surface area (Å²) in [7, 11) is 0. The Kier molecular flexibility index (Phi) is 4.54. The topological polar surface area (TPSA) is 63.8 Å². The highest BCUT2D eigenvalue weighted by Crippen LogP contribution is 2.38. The van der Waals surface area contributed by atoms with Gasteiger partial charge in [-0.15, -0.1) is 11.3 Å². The van der Waals surface area contributed by atoms with E-state index in [0.717, 1.165) is 38.8 Å². The number of benzene rings is 2. The maximum absolute atomic E-state index is 5.80. The van der Waals surface area contributed by atoms with Gasteiger partial charge in [0.2, 0.25) is 0 Å². The molecule has 0 fully saturated rings. The molecule has 0 aliphatic rings. The average Bonchev–Trinajstić information content (AvgIpc) is 3.07. The molecule has 0 atom stereocenters. The molecule has 2 aromatic heterocycles.